The monoisotopic (exact) mass is 608 g/mol. The van der Waals surface area contributed by atoms with Gasteiger partial charge in [0.2, 0.25) is 0 Å². The predicted molar refractivity (Wildman–Crippen MR) is 182 cm³/mol. The second-order valence-corrected chi connectivity index (χ2v) is 11.7. The zero-order chi connectivity index (χ0) is 31.1. The van der Waals surface area contributed by atoms with E-state index in [0.29, 0.717) is 33.1 Å². The molecular weight excluding hydrogens is 580 g/mol. The van der Waals surface area contributed by atoms with Crippen molar-refractivity contribution in [3.05, 3.63) is 165 Å². The molecular formula is C38H28N2O4S. The van der Waals surface area contributed by atoms with Crippen LogP contribution >= 0.6 is 11.8 Å². The van der Waals surface area contributed by atoms with Gasteiger partial charge in [0, 0.05) is 26.9 Å². The molecule has 0 aliphatic carbocycles. The van der Waals surface area contributed by atoms with Crippen molar-refractivity contribution < 1.29 is 10.2 Å². The Morgan fingerprint density at radius 2 is 1.29 bits per heavy atom. The molecule has 0 aliphatic heterocycles. The molecule has 7 heteroatoms. The maximum atomic E-state index is 14.6. The van der Waals surface area contributed by atoms with Crippen molar-refractivity contribution in [3.8, 4) is 28.3 Å². The second-order valence-electron chi connectivity index (χ2n) is 10.8. The molecule has 6 nitrogen and oxygen atoms in total. The standard InChI is InChI=1S/C38H28N2O4S/c1-45-26-21-19-24(20-22-26)31(32-36(42)29-17-10-16-27(34(29)39-37(32)43)23-11-4-2-5-12-23)33-35(41)28-15-8-9-18-30(28)40(38(33)44)25-13-6-3-7-14-25/h2-22,31,41H,1H3,(H2,39,42,43). The highest BCUT2D eigenvalue weighted by Crippen LogP contribution is 2.43. The fraction of sp³-hybridized carbons (Fsp3) is 0.0526. The van der Waals surface area contributed by atoms with E-state index in [9.17, 15) is 19.8 Å². The summed E-state index contributed by atoms with van der Waals surface area (Å²) in [7, 11) is 0. The number of benzene rings is 5. The molecule has 0 bridgehead atoms. The number of rotatable bonds is 6. The lowest BCUT2D eigenvalue weighted by Gasteiger charge is -2.23. The largest absolute Gasteiger partial charge is 0.507 e. The Kier molecular flexibility index (Phi) is 7.23. The van der Waals surface area contributed by atoms with Crippen molar-refractivity contribution in [3.63, 3.8) is 0 Å². The second kappa shape index (κ2) is 11.5. The summed E-state index contributed by atoms with van der Waals surface area (Å²) in [6.45, 7) is 0. The van der Waals surface area contributed by atoms with Crippen LogP contribution in [0.25, 0.3) is 38.6 Å². The molecule has 0 amide bonds. The van der Waals surface area contributed by atoms with Gasteiger partial charge in [-0.15, -0.1) is 11.8 Å². The lowest BCUT2D eigenvalue weighted by molar-refractivity contribution is 0.462. The van der Waals surface area contributed by atoms with E-state index in [-0.39, 0.29) is 22.6 Å². The Balaban J connectivity index is 1.59. The van der Waals surface area contributed by atoms with E-state index in [1.165, 1.54) is 0 Å². The van der Waals surface area contributed by atoms with Crippen LogP contribution in [0, 0.1) is 0 Å². The smallest absolute Gasteiger partial charge is 0.263 e. The van der Waals surface area contributed by atoms with Gasteiger partial charge in [-0.3, -0.25) is 14.2 Å². The number of thioether (sulfide) groups is 1. The number of nitrogens with one attached hydrogen (secondary N) is 1. The van der Waals surface area contributed by atoms with Crippen LogP contribution in [-0.2, 0) is 0 Å². The lowest BCUT2D eigenvalue weighted by Crippen LogP contribution is -2.28. The number of nitrogens with zero attached hydrogens (tertiary/aromatic N) is 1. The van der Waals surface area contributed by atoms with Gasteiger partial charge in [-0.1, -0.05) is 84.9 Å². The van der Waals surface area contributed by atoms with Crippen LogP contribution in [0.3, 0.4) is 0 Å². The van der Waals surface area contributed by atoms with Gasteiger partial charge < -0.3 is 15.2 Å². The number of hydrogen-bond donors (Lipinski definition) is 3. The molecule has 0 saturated heterocycles. The number of pyridine rings is 2. The van der Waals surface area contributed by atoms with E-state index in [1.807, 2.05) is 109 Å². The Labute approximate surface area is 262 Å². The average Bonchev–Trinajstić information content (AvgIpc) is 3.08. The molecule has 0 radical (unpaired) electrons. The zero-order valence-electron chi connectivity index (χ0n) is 24.3. The first kappa shape index (κ1) is 28.3. The summed E-state index contributed by atoms with van der Waals surface area (Å²) in [6.07, 6.45) is 1.96. The fourth-order valence-electron chi connectivity index (χ4n) is 6.16. The Hall–Kier alpha value is -5.53. The van der Waals surface area contributed by atoms with Crippen LogP contribution < -0.4 is 11.1 Å². The Morgan fingerprint density at radius 1 is 0.667 bits per heavy atom. The van der Waals surface area contributed by atoms with Gasteiger partial charge in [0.1, 0.15) is 11.5 Å². The summed E-state index contributed by atoms with van der Waals surface area (Å²) in [5.74, 6) is -1.58. The normalized spacial score (nSPS) is 12.0. The fourth-order valence-corrected chi connectivity index (χ4v) is 6.56. The van der Waals surface area contributed by atoms with Crippen molar-refractivity contribution in [2.45, 2.75) is 10.8 Å². The van der Waals surface area contributed by atoms with Crippen LogP contribution in [0.4, 0.5) is 0 Å². The van der Waals surface area contributed by atoms with E-state index < -0.39 is 17.0 Å². The van der Waals surface area contributed by atoms with Crippen molar-refractivity contribution in [2.24, 2.45) is 0 Å². The molecule has 5 aromatic carbocycles. The van der Waals surface area contributed by atoms with Gasteiger partial charge in [-0.25, -0.2) is 0 Å². The third kappa shape index (κ3) is 4.78. The highest BCUT2D eigenvalue weighted by molar-refractivity contribution is 7.98. The maximum Gasteiger partial charge on any atom is 0.263 e. The molecule has 1 atom stereocenters. The maximum absolute atomic E-state index is 14.6. The topological polar surface area (TPSA) is 95.3 Å². The molecule has 0 saturated carbocycles. The molecule has 45 heavy (non-hydrogen) atoms. The SMILES string of the molecule is CSc1ccc(C(c2c(O)c3cccc(-c4ccccc4)c3[nH]c2=O)c2c(O)c3ccccc3n(-c3ccccc3)c2=O)cc1. The molecule has 3 N–H and O–H groups in total. The Morgan fingerprint density at radius 3 is 2.00 bits per heavy atom. The van der Waals surface area contributed by atoms with Gasteiger partial charge in [0.25, 0.3) is 11.1 Å². The highest BCUT2D eigenvalue weighted by atomic mass is 32.2. The van der Waals surface area contributed by atoms with Gasteiger partial charge in [-0.05, 0) is 59.8 Å². The molecule has 0 fully saturated rings. The number of para-hydroxylation sites is 3. The molecule has 220 valence electrons. The molecule has 2 heterocycles. The summed E-state index contributed by atoms with van der Waals surface area (Å²) in [4.78, 5) is 32.8. The highest BCUT2D eigenvalue weighted by Gasteiger charge is 2.32. The van der Waals surface area contributed by atoms with E-state index in [0.717, 1.165) is 16.0 Å². The number of aromatic hydroxyl groups is 2. The molecule has 0 spiro atoms. The quantitative estimate of drug-likeness (QED) is 0.167. The van der Waals surface area contributed by atoms with Crippen LogP contribution in [0.15, 0.2) is 142 Å². The Bertz CT molecular complexity index is 2310. The minimum atomic E-state index is -1.10. The summed E-state index contributed by atoms with van der Waals surface area (Å²) in [6, 6.07) is 38.9. The van der Waals surface area contributed by atoms with E-state index in [2.05, 4.69) is 4.98 Å². The number of H-pyrrole nitrogens is 1. The number of hydrogen-bond acceptors (Lipinski definition) is 5. The van der Waals surface area contributed by atoms with Crippen molar-refractivity contribution in [2.75, 3.05) is 6.26 Å². The number of aromatic amines is 1. The summed E-state index contributed by atoms with van der Waals surface area (Å²) in [5.41, 5.74) is 2.76. The van der Waals surface area contributed by atoms with Gasteiger partial charge in [0.05, 0.1) is 28.1 Å². The lowest BCUT2D eigenvalue weighted by atomic mass is 9.83. The summed E-state index contributed by atoms with van der Waals surface area (Å²) < 4.78 is 1.55. The average molecular weight is 609 g/mol. The van der Waals surface area contributed by atoms with Gasteiger partial charge in [0.15, 0.2) is 0 Å². The van der Waals surface area contributed by atoms with E-state index in [1.54, 1.807) is 40.6 Å². The molecule has 7 rings (SSSR count). The van der Waals surface area contributed by atoms with Crippen LogP contribution in [0.5, 0.6) is 11.5 Å². The van der Waals surface area contributed by atoms with Gasteiger partial charge in [-0.2, -0.15) is 0 Å². The number of aromatic nitrogens is 2. The van der Waals surface area contributed by atoms with Crippen LogP contribution in [0.1, 0.15) is 22.6 Å². The van der Waals surface area contributed by atoms with Crippen LogP contribution in [0.2, 0.25) is 0 Å². The first-order valence-electron chi connectivity index (χ1n) is 14.5. The van der Waals surface area contributed by atoms with Crippen LogP contribution in [-0.4, -0.2) is 26.0 Å². The van der Waals surface area contributed by atoms with E-state index in [4.69, 9.17) is 0 Å². The van der Waals surface area contributed by atoms with Crippen molar-refractivity contribution in [1.29, 1.82) is 0 Å². The van der Waals surface area contributed by atoms with Gasteiger partial charge >= 0.3 is 0 Å². The zero-order valence-corrected chi connectivity index (χ0v) is 25.1. The number of fused-ring (bicyclic) bond motifs is 2. The molecule has 1 unspecified atom stereocenters. The summed E-state index contributed by atoms with van der Waals surface area (Å²) in [5, 5.41) is 24.7. The molecule has 2 aromatic heterocycles. The molecule has 0 aliphatic rings. The van der Waals surface area contributed by atoms with Crippen molar-refractivity contribution >= 4 is 33.6 Å². The van der Waals surface area contributed by atoms with Crippen molar-refractivity contribution in [1.82, 2.24) is 9.55 Å². The predicted octanol–water partition coefficient (Wildman–Crippen LogP) is 7.81. The first-order chi connectivity index (χ1) is 22.0. The summed E-state index contributed by atoms with van der Waals surface area (Å²) >= 11 is 1.56. The first-order valence-corrected chi connectivity index (χ1v) is 15.7. The molecule has 7 aromatic rings. The third-order valence-corrected chi connectivity index (χ3v) is 9.02. The minimum absolute atomic E-state index is 0.00572. The van der Waals surface area contributed by atoms with E-state index >= 15 is 0 Å². The third-order valence-electron chi connectivity index (χ3n) is 8.27. The minimum Gasteiger partial charge on any atom is -0.507 e.